The Kier molecular flexibility index (Phi) is 7.07. The summed E-state index contributed by atoms with van der Waals surface area (Å²) in [6.07, 6.45) is 10.8. The monoisotopic (exact) mass is 448 g/mol. The van der Waals surface area contributed by atoms with Gasteiger partial charge < -0.3 is 9.47 Å². The van der Waals surface area contributed by atoms with E-state index in [0.29, 0.717) is 23.3 Å². The summed E-state index contributed by atoms with van der Waals surface area (Å²) in [4.78, 5) is 12.7. The van der Waals surface area contributed by atoms with Crippen molar-refractivity contribution in [1.82, 2.24) is 0 Å². The van der Waals surface area contributed by atoms with E-state index in [9.17, 15) is 13.2 Å². The molecule has 3 aliphatic carbocycles. The van der Waals surface area contributed by atoms with E-state index in [0.717, 1.165) is 49.7 Å². The molecule has 0 aromatic heterocycles. The Bertz CT molecular complexity index is 858. The largest absolute Gasteiger partial charge is 0.462 e. The highest BCUT2D eigenvalue weighted by molar-refractivity contribution is 7.90. The number of carbonyl (C=O) groups is 1. The van der Waals surface area contributed by atoms with E-state index in [1.807, 2.05) is 12.1 Å². The van der Waals surface area contributed by atoms with Crippen molar-refractivity contribution >= 4 is 15.8 Å². The molecule has 0 spiro atoms. The van der Waals surface area contributed by atoms with Gasteiger partial charge in [-0.1, -0.05) is 31.9 Å². The molecule has 5 atom stereocenters. The molecule has 5 unspecified atom stereocenters. The molecule has 1 aromatic rings. The maximum atomic E-state index is 12.3. The van der Waals surface area contributed by atoms with E-state index in [1.165, 1.54) is 31.9 Å². The molecule has 0 heterocycles. The van der Waals surface area contributed by atoms with Gasteiger partial charge in [-0.25, -0.2) is 8.42 Å². The standard InChI is InChI=1S/C25H36O5S/c1-17(25(26)30-22-10-11-22)19-4-3-5-20(9-8-19)24-14-21(24)16-29-15-18-6-12-23(13-7-18)31(2,27)28/h6-7,12-13,17,19-22,24H,3-5,8-11,14-16H2,1-2H3. The Morgan fingerprint density at radius 1 is 1.06 bits per heavy atom. The van der Waals surface area contributed by atoms with Crippen LogP contribution in [0.25, 0.3) is 0 Å². The third-order valence-corrected chi connectivity index (χ3v) is 8.61. The topological polar surface area (TPSA) is 69.7 Å². The fourth-order valence-electron chi connectivity index (χ4n) is 5.14. The Labute approximate surface area is 186 Å². The van der Waals surface area contributed by atoms with Crippen molar-refractivity contribution in [3.63, 3.8) is 0 Å². The quantitative estimate of drug-likeness (QED) is 0.402. The SMILES string of the molecule is CC(C(=O)OC1CC1)C1CCCC(C2CC2COCc2ccc(S(C)(=O)=O)cc2)CC1. The molecule has 0 radical (unpaired) electrons. The van der Waals surface area contributed by atoms with Crippen LogP contribution in [0.1, 0.15) is 63.9 Å². The van der Waals surface area contributed by atoms with Crippen LogP contribution in [-0.4, -0.2) is 33.4 Å². The molecule has 0 aliphatic heterocycles. The van der Waals surface area contributed by atoms with Crippen LogP contribution >= 0.6 is 0 Å². The first kappa shape index (κ1) is 22.8. The molecule has 172 valence electrons. The first-order valence-electron chi connectivity index (χ1n) is 11.9. The molecule has 6 heteroatoms. The highest BCUT2D eigenvalue weighted by Crippen LogP contribution is 2.50. The minimum Gasteiger partial charge on any atom is -0.462 e. The highest BCUT2D eigenvalue weighted by atomic mass is 32.2. The Morgan fingerprint density at radius 2 is 1.81 bits per heavy atom. The van der Waals surface area contributed by atoms with Gasteiger partial charge in [0.1, 0.15) is 6.10 Å². The first-order valence-corrected chi connectivity index (χ1v) is 13.8. The van der Waals surface area contributed by atoms with E-state index >= 15 is 0 Å². The summed E-state index contributed by atoms with van der Waals surface area (Å²) in [6.45, 7) is 3.37. The van der Waals surface area contributed by atoms with Crippen molar-refractivity contribution < 1.29 is 22.7 Å². The van der Waals surface area contributed by atoms with Crippen molar-refractivity contribution in [2.24, 2.45) is 29.6 Å². The number of ether oxygens (including phenoxy) is 2. The van der Waals surface area contributed by atoms with Gasteiger partial charge in [0.2, 0.25) is 0 Å². The Morgan fingerprint density at radius 3 is 2.48 bits per heavy atom. The Balaban J connectivity index is 1.17. The average molecular weight is 449 g/mol. The second-order valence-corrected chi connectivity index (χ2v) is 12.1. The van der Waals surface area contributed by atoms with E-state index < -0.39 is 9.84 Å². The van der Waals surface area contributed by atoms with Gasteiger partial charge in [-0.15, -0.1) is 0 Å². The van der Waals surface area contributed by atoms with Gasteiger partial charge in [0.05, 0.1) is 24.0 Å². The van der Waals surface area contributed by atoms with E-state index in [2.05, 4.69) is 6.92 Å². The molecule has 0 amide bonds. The predicted molar refractivity (Wildman–Crippen MR) is 119 cm³/mol. The van der Waals surface area contributed by atoms with Gasteiger partial charge in [0, 0.05) is 6.26 Å². The molecule has 3 saturated carbocycles. The third kappa shape index (κ3) is 6.32. The number of carbonyl (C=O) groups excluding carboxylic acids is 1. The normalized spacial score (nSPS) is 29.7. The second kappa shape index (κ2) is 9.62. The summed E-state index contributed by atoms with van der Waals surface area (Å²) >= 11 is 0. The number of esters is 1. The van der Waals surface area contributed by atoms with Crippen molar-refractivity contribution in [1.29, 1.82) is 0 Å². The smallest absolute Gasteiger partial charge is 0.309 e. The minimum atomic E-state index is -3.15. The van der Waals surface area contributed by atoms with Crippen LogP contribution < -0.4 is 0 Å². The van der Waals surface area contributed by atoms with E-state index in [-0.39, 0.29) is 18.0 Å². The maximum absolute atomic E-state index is 12.3. The zero-order valence-electron chi connectivity index (χ0n) is 18.8. The van der Waals surface area contributed by atoms with Crippen LogP contribution in [0.15, 0.2) is 29.2 Å². The van der Waals surface area contributed by atoms with Gasteiger partial charge >= 0.3 is 5.97 Å². The molecule has 0 N–H and O–H groups in total. The maximum Gasteiger partial charge on any atom is 0.309 e. The molecule has 3 fully saturated rings. The number of rotatable bonds is 9. The zero-order valence-corrected chi connectivity index (χ0v) is 19.6. The fraction of sp³-hybridized carbons (Fsp3) is 0.720. The Hall–Kier alpha value is -1.40. The number of benzene rings is 1. The molecule has 5 nitrogen and oxygen atoms in total. The van der Waals surface area contributed by atoms with Crippen LogP contribution in [0.4, 0.5) is 0 Å². The molecule has 31 heavy (non-hydrogen) atoms. The summed E-state index contributed by atoms with van der Waals surface area (Å²) in [6, 6.07) is 6.97. The van der Waals surface area contributed by atoms with Gasteiger partial charge in [0.15, 0.2) is 9.84 Å². The van der Waals surface area contributed by atoms with Crippen molar-refractivity contribution in [3.05, 3.63) is 29.8 Å². The summed E-state index contributed by atoms with van der Waals surface area (Å²) in [7, 11) is -3.15. The summed E-state index contributed by atoms with van der Waals surface area (Å²) < 4.78 is 34.6. The summed E-state index contributed by atoms with van der Waals surface area (Å²) in [5.41, 5.74) is 1.01. The van der Waals surface area contributed by atoms with Crippen LogP contribution in [0.3, 0.4) is 0 Å². The van der Waals surface area contributed by atoms with Crippen molar-refractivity contribution in [3.8, 4) is 0 Å². The third-order valence-electron chi connectivity index (χ3n) is 7.48. The lowest BCUT2D eigenvalue weighted by atomic mass is 9.86. The number of hydrogen-bond acceptors (Lipinski definition) is 5. The minimum absolute atomic E-state index is 0.0215. The summed E-state index contributed by atoms with van der Waals surface area (Å²) in [5, 5.41) is 0. The molecule has 4 rings (SSSR count). The first-order chi connectivity index (χ1) is 14.8. The number of hydrogen-bond donors (Lipinski definition) is 0. The lowest BCUT2D eigenvalue weighted by Crippen LogP contribution is -2.23. The highest BCUT2D eigenvalue weighted by Gasteiger charge is 2.43. The van der Waals surface area contributed by atoms with Gasteiger partial charge in [-0.2, -0.15) is 0 Å². The molecule has 0 bridgehead atoms. The fourth-order valence-corrected chi connectivity index (χ4v) is 5.77. The number of sulfone groups is 1. The second-order valence-electron chi connectivity index (χ2n) is 10.0. The van der Waals surface area contributed by atoms with Crippen LogP contribution in [0, 0.1) is 29.6 Å². The van der Waals surface area contributed by atoms with Crippen LogP contribution in [0.5, 0.6) is 0 Å². The average Bonchev–Trinajstić information content (AvgIpc) is 3.62. The van der Waals surface area contributed by atoms with E-state index in [4.69, 9.17) is 9.47 Å². The van der Waals surface area contributed by atoms with Crippen molar-refractivity contribution in [2.45, 2.75) is 75.9 Å². The van der Waals surface area contributed by atoms with Gasteiger partial charge in [-0.05, 0) is 79.9 Å². The van der Waals surface area contributed by atoms with Crippen LogP contribution in [0.2, 0.25) is 0 Å². The molecule has 1 aromatic carbocycles. The van der Waals surface area contributed by atoms with Gasteiger partial charge in [-0.3, -0.25) is 4.79 Å². The van der Waals surface area contributed by atoms with Crippen LogP contribution in [-0.2, 0) is 30.7 Å². The summed E-state index contributed by atoms with van der Waals surface area (Å²) in [5.74, 6) is 2.70. The molecular weight excluding hydrogens is 412 g/mol. The zero-order chi connectivity index (χ0) is 22.0. The van der Waals surface area contributed by atoms with Crippen molar-refractivity contribution in [2.75, 3.05) is 12.9 Å². The molecule has 3 aliphatic rings. The van der Waals surface area contributed by atoms with E-state index in [1.54, 1.807) is 12.1 Å². The lowest BCUT2D eigenvalue weighted by molar-refractivity contribution is -0.151. The lowest BCUT2D eigenvalue weighted by Gasteiger charge is -2.21. The molecule has 0 saturated heterocycles. The predicted octanol–water partition coefficient (Wildman–Crippen LogP) is 4.78. The van der Waals surface area contributed by atoms with Gasteiger partial charge in [0.25, 0.3) is 0 Å². The molecular formula is C25H36O5S.